The Hall–Kier alpha value is -2.15. The van der Waals surface area contributed by atoms with Crippen LogP contribution in [-0.4, -0.2) is 41.5 Å². The van der Waals surface area contributed by atoms with Crippen molar-refractivity contribution in [2.24, 2.45) is 11.8 Å². The van der Waals surface area contributed by atoms with Crippen molar-refractivity contribution in [3.05, 3.63) is 29.6 Å². The van der Waals surface area contributed by atoms with E-state index in [1.807, 2.05) is 20.8 Å². The first kappa shape index (κ1) is 20.1. The van der Waals surface area contributed by atoms with Crippen LogP contribution < -0.4 is 15.8 Å². The largest absolute Gasteiger partial charge is 0.325 e. The Labute approximate surface area is 171 Å². The molecule has 0 bridgehead atoms. The van der Waals surface area contributed by atoms with E-state index in [4.69, 9.17) is 0 Å². The first-order chi connectivity index (χ1) is 13.8. The van der Waals surface area contributed by atoms with Gasteiger partial charge in [0.25, 0.3) is 0 Å². The minimum Gasteiger partial charge on any atom is -0.318 e. The molecule has 2 heterocycles. The number of carbonyl (C=O) groups is 2. The molecule has 3 fully saturated rings. The third-order valence-electron chi connectivity index (χ3n) is 6.63. The molecule has 1 aromatic rings. The van der Waals surface area contributed by atoms with Gasteiger partial charge in [-0.15, -0.1) is 0 Å². The van der Waals surface area contributed by atoms with Crippen LogP contribution in [0.25, 0.3) is 0 Å². The minimum atomic E-state index is -0.377. The summed E-state index contributed by atoms with van der Waals surface area (Å²) in [5.41, 5.74) is 7.03. The predicted molar refractivity (Wildman–Crippen MR) is 110 cm³/mol. The Kier molecular flexibility index (Phi) is 5.27. The second-order valence-corrected chi connectivity index (χ2v) is 9.54. The maximum atomic E-state index is 14.6. The van der Waals surface area contributed by atoms with Crippen LogP contribution in [0.5, 0.6) is 0 Å². The van der Waals surface area contributed by atoms with Crippen LogP contribution in [0.15, 0.2) is 18.2 Å². The number of carbonyl (C=O) groups excluding carboxylic acids is 2. The number of nitrogens with zero attached hydrogens (tertiary/aromatic N) is 2. The van der Waals surface area contributed by atoms with E-state index in [1.165, 1.54) is 6.07 Å². The fourth-order valence-electron chi connectivity index (χ4n) is 5.06. The molecule has 0 radical (unpaired) electrons. The van der Waals surface area contributed by atoms with Crippen LogP contribution in [0.2, 0.25) is 0 Å². The van der Waals surface area contributed by atoms with E-state index in [-0.39, 0.29) is 35.3 Å². The van der Waals surface area contributed by atoms with Gasteiger partial charge in [-0.25, -0.2) is 14.6 Å². The number of halogens is 1. The number of urea groups is 1. The Bertz CT molecular complexity index is 806. The fourth-order valence-corrected chi connectivity index (χ4v) is 5.06. The zero-order chi connectivity index (χ0) is 20.8. The monoisotopic (exact) mass is 402 g/mol. The molecule has 2 aliphatic heterocycles. The van der Waals surface area contributed by atoms with Crippen LogP contribution in [0.3, 0.4) is 0 Å². The molecule has 1 aromatic carbocycles. The first-order valence-corrected chi connectivity index (χ1v) is 10.7. The van der Waals surface area contributed by atoms with E-state index in [9.17, 15) is 14.0 Å². The summed E-state index contributed by atoms with van der Waals surface area (Å²) in [5.74, 6) is 0.0835. The number of amides is 3. The average molecular weight is 403 g/mol. The summed E-state index contributed by atoms with van der Waals surface area (Å²) in [7, 11) is 0. The van der Waals surface area contributed by atoms with Crippen molar-refractivity contribution in [1.29, 1.82) is 0 Å². The summed E-state index contributed by atoms with van der Waals surface area (Å²) in [6.07, 6.45) is 4.92. The van der Waals surface area contributed by atoms with E-state index < -0.39 is 0 Å². The van der Waals surface area contributed by atoms with Gasteiger partial charge in [-0.05, 0) is 63.6 Å². The zero-order valence-corrected chi connectivity index (χ0v) is 17.5. The highest BCUT2D eigenvalue weighted by atomic mass is 19.1. The third kappa shape index (κ3) is 3.84. The number of hydrazine groups is 1. The van der Waals surface area contributed by atoms with E-state index in [2.05, 4.69) is 10.9 Å². The van der Waals surface area contributed by atoms with Crippen LogP contribution in [0, 0.1) is 17.7 Å². The van der Waals surface area contributed by atoms with Crippen LogP contribution >= 0.6 is 0 Å². The molecule has 3 aliphatic rings. The van der Waals surface area contributed by atoms with Crippen molar-refractivity contribution in [3.8, 4) is 0 Å². The van der Waals surface area contributed by atoms with Crippen molar-refractivity contribution in [1.82, 2.24) is 15.8 Å². The lowest BCUT2D eigenvalue weighted by Gasteiger charge is -2.41. The van der Waals surface area contributed by atoms with Crippen molar-refractivity contribution in [2.45, 2.75) is 64.5 Å². The molecule has 3 atom stereocenters. The number of nitrogens with one attached hydrogen (secondary N) is 2. The van der Waals surface area contributed by atoms with E-state index in [1.54, 1.807) is 21.9 Å². The van der Waals surface area contributed by atoms with Crippen LogP contribution in [-0.2, 0) is 11.2 Å². The topological polar surface area (TPSA) is 64.7 Å². The lowest BCUT2D eigenvalue weighted by molar-refractivity contribution is -0.133. The maximum Gasteiger partial charge on any atom is 0.325 e. The lowest BCUT2D eigenvalue weighted by atomic mass is 9.72. The van der Waals surface area contributed by atoms with Gasteiger partial charge in [-0.3, -0.25) is 15.1 Å². The van der Waals surface area contributed by atoms with Gasteiger partial charge >= 0.3 is 6.03 Å². The molecule has 0 aromatic heterocycles. The molecule has 3 amide bonds. The quantitative estimate of drug-likeness (QED) is 0.816. The number of rotatable bonds is 3. The number of anilines is 1. The van der Waals surface area contributed by atoms with Crippen molar-refractivity contribution >= 4 is 17.6 Å². The molecule has 2 N–H and O–H groups in total. The number of fused-ring (bicyclic) bond motifs is 1. The molecule has 7 heteroatoms. The van der Waals surface area contributed by atoms with Gasteiger partial charge in [-0.1, -0.05) is 18.9 Å². The smallest absolute Gasteiger partial charge is 0.318 e. The minimum absolute atomic E-state index is 0.0652. The first-order valence-electron chi connectivity index (χ1n) is 10.7. The maximum absolute atomic E-state index is 14.6. The standard InChI is InChI=1S/C22H31FN4O2/c1-22(2,3)27-11-10-26(21(27)29)19-13-14(8-9-17(19)23)12-18-15-6-4-5-7-16(15)20(28)25-24-18/h8-9,13,15-16,18,24H,4-7,10-12H2,1-3H3,(H,25,28). The van der Waals surface area contributed by atoms with E-state index >= 15 is 0 Å². The van der Waals surface area contributed by atoms with Gasteiger partial charge in [0.15, 0.2) is 0 Å². The fraction of sp³-hybridized carbons (Fsp3) is 0.636. The molecule has 2 saturated heterocycles. The molecular weight excluding hydrogens is 371 g/mol. The summed E-state index contributed by atoms with van der Waals surface area (Å²) in [6.45, 7) is 7.05. The molecular formula is C22H31FN4O2. The highest BCUT2D eigenvalue weighted by molar-refractivity contribution is 5.94. The summed E-state index contributed by atoms with van der Waals surface area (Å²) < 4.78 is 14.6. The second-order valence-electron chi connectivity index (χ2n) is 9.54. The van der Waals surface area contributed by atoms with E-state index in [0.29, 0.717) is 31.1 Å². The zero-order valence-electron chi connectivity index (χ0n) is 17.5. The average Bonchev–Trinajstić information content (AvgIpc) is 3.07. The Balaban J connectivity index is 1.53. The summed E-state index contributed by atoms with van der Waals surface area (Å²) in [6, 6.07) is 5.02. The SMILES string of the molecule is CC(C)(C)N1CCN(c2cc(CC3NNC(=O)C4CCCCC34)ccc2F)C1=O. The molecule has 3 unspecified atom stereocenters. The van der Waals surface area contributed by atoms with Gasteiger partial charge in [0.2, 0.25) is 5.91 Å². The Morgan fingerprint density at radius 3 is 2.62 bits per heavy atom. The van der Waals surface area contributed by atoms with Crippen LogP contribution in [0.1, 0.15) is 52.0 Å². The molecule has 0 spiro atoms. The van der Waals surface area contributed by atoms with Gasteiger partial charge in [0.05, 0.1) is 5.69 Å². The Morgan fingerprint density at radius 2 is 1.90 bits per heavy atom. The lowest BCUT2D eigenvalue weighted by Crippen LogP contribution is -2.60. The van der Waals surface area contributed by atoms with Gasteiger partial charge < -0.3 is 4.90 Å². The number of hydrogen-bond donors (Lipinski definition) is 2. The molecule has 1 saturated carbocycles. The van der Waals surface area contributed by atoms with Gasteiger partial charge in [-0.2, -0.15) is 0 Å². The van der Waals surface area contributed by atoms with Crippen molar-refractivity contribution in [2.75, 3.05) is 18.0 Å². The normalized spacial score (nSPS) is 27.8. The third-order valence-corrected chi connectivity index (χ3v) is 6.63. The predicted octanol–water partition coefficient (Wildman–Crippen LogP) is 3.22. The second kappa shape index (κ2) is 7.59. The molecule has 4 rings (SSSR count). The highest BCUT2D eigenvalue weighted by Crippen LogP contribution is 2.36. The van der Waals surface area contributed by atoms with Crippen molar-refractivity contribution < 1.29 is 14.0 Å². The highest BCUT2D eigenvalue weighted by Gasteiger charge is 2.40. The van der Waals surface area contributed by atoms with Crippen molar-refractivity contribution in [3.63, 3.8) is 0 Å². The molecule has 1 aliphatic carbocycles. The Morgan fingerprint density at radius 1 is 1.14 bits per heavy atom. The van der Waals surface area contributed by atoms with Crippen LogP contribution in [0.4, 0.5) is 14.9 Å². The van der Waals surface area contributed by atoms with Gasteiger partial charge in [0.1, 0.15) is 5.82 Å². The van der Waals surface area contributed by atoms with Gasteiger partial charge in [0, 0.05) is 30.6 Å². The van der Waals surface area contributed by atoms with E-state index in [0.717, 1.165) is 31.2 Å². The molecule has 6 nitrogen and oxygen atoms in total. The molecule has 158 valence electrons. The number of benzene rings is 1. The molecule has 29 heavy (non-hydrogen) atoms. The number of hydrogen-bond acceptors (Lipinski definition) is 3. The summed E-state index contributed by atoms with van der Waals surface area (Å²) in [4.78, 5) is 28.4. The summed E-state index contributed by atoms with van der Waals surface area (Å²) in [5, 5.41) is 0. The summed E-state index contributed by atoms with van der Waals surface area (Å²) >= 11 is 0.